The van der Waals surface area contributed by atoms with Crippen LogP contribution in [0, 0.1) is 0 Å². The van der Waals surface area contributed by atoms with Gasteiger partial charge in [-0.25, -0.2) is 4.79 Å². The van der Waals surface area contributed by atoms with Crippen molar-refractivity contribution in [2.24, 2.45) is 0 Å². The van der Waals surface area contributed by atoms with Gasteiger partial charge in [-0.3, -0.25) is 0 Å². The molecule has 0 bridgehead atoms. The third kappa shape index (κ3) is 5.16. The standard InChI is InChI=1S/C17H23NO4/c1-17(2,3)22-16(19)18-10-6-8-13-7-4-5-9-14(13)15-20-11-12-21-15/h4-9,15H,10-12H2,1-3H3,(H,18,19). The van der Waals surface area contributed by atoms with Crippen molar-refractivity contribution in [2.75, 3.05) is 19.8 Å². The van der Waals surface area contributed by atoms with Crippen molar-refractivity contribution in [3.8, 4) is 0 Å². The summed E-state index contributed by atoms with van der Waals surface area (Å²) in [5.41, 5.74) is 1.52. The SMILES string of the molecule is CC(C)(C)OC(=O)NCC=Cc1ccccc1C1OCCO1. The molecule has 120 valence electrons. The number of carbonyl (C=O) groups is 1. The Hall–Kier alpha value is -1.85. The Kier molecular flexibility index (Phi) is 5.57. The molecule has 22 heavy (non-hydrogen) atoms. The fourth-order valence-electron chi connectivity index (χ4n) is 2.06. The minimum absolute atomic E-state index is 0.306. The molecule has 0 atom stereocenters. The molecule has 1 aromatic carbocycles. The predicted octanol–water partition coefficient (Wildman–Crippen LogP) is 3.27. The Morgan fingerprint density at radius 3 is 2.68 bits per heavy atom. The molecule has 1 aliphatic heterocycles. The Morgan fingerprint density at radius 1 is 1.32 bits per heavy atom. The average molecular weight is 305 g/mol. The number of rotatable bonds is 4. The van der Waals surface area contributed by atoms with Crippen LogP contribution in [-0.2, 0) is 14.2 Å². The van der Waals surface area contributed by atoms with Gasteiger partial charge in [-0.1, -0.05) is 36.4 Å². The van der Waals surface area contributed by atoms with Crippen molar-refractivity contribution in [2.45, 2.75) is 32.7 Å². The summed E-state index contributed by atoms with van der Waals surface area (Å²) < 4.78 is 16.2. The number of nitrogens with one attached hydrogen (secondary N) is 1. The molecule has 1 aliphatic rings. The molecule has 1 N–H and O–H groups in total. The first-order valence-corrected chi connectivity index (χ1v) is 7.41. The lowest BCUT2D eigenvalue weighted by molar-refractivity contribution is -0.0442. The maximum absolute atomic E-state index is 11.5. The van der Waals surface area contributed by atoms with E-state index in [1.807, 2.05) is 57.2 Å². The van der Waals surface area contributed by atoms with E-state index in [4.69, 9.17) is 14.2 Å². The normalized spacial score (nSPS) is 16.1. The van der Waals surface area contributed by atoms with Crippen molar-refractivity contribution in [3.05, 3.63) is 41.5 Å². The molecule has 1 saturated heterocycles. The van der Waals surface area contributed by atoms with Gasteiger partial charge in [-0.2, -0.15) is 0 Å². The monoisotopic (exact) mass is 305 g/mol. The molecular weight excluding hydrogens is 282 g/mol. The number of benzene rings is 1. The fourth-order valence-corrected chi connectivity index (χ4v) is 2.06. The van der Waals surface area contributed by atoms with Crippen molar-refractivity contribution in [1.82, 2.24) is 5.32 Å². The molecule has 1 heterocycles. The van der Waals surface area contributed by atoms with Gasteiger partial charge in [0, 0.05) is 12.1 Å². The maximum Gasteiger partial charge on any atom is 0.407 e. The molecule has 0 aliphatic carbocycles. The summed E-state index contributed by atoms with van der Waals surface area (Å²) in [6, 6.07) is 7.89. The molecule has 0 saturated carbocycles. The van der Waals surface area contributed by atoms with E-state index in [2.05, 4.69) is 5.32 Å². The van der Waals surface area contributed by atoms with Gasteiger partial charge in [0.15, 0.2) is 6.29 Å². The summed E-state index contributed by atoms with van der Waals surface area (Å²) >= 11 is 0. The summed E-state index contributed by atoms with van der Waals surface area (Å²) in [6.45, 7) is 7.13. The zero-order valence-electron chi connectivity index (χ0n) is 13.3. The lowest BCUT2D eigenvalue weighted by Gasteiger charge is -2.19. The van der Waals surface area contributed by atoms with Crippen LogP contribution in [0.1, 0.15) is 38.2 Å². The van der Waals surface area contributed by atoms with E-state index in [1.54, 1.807) is 0 Å². The van der Waals surface area contributed by atoms with Crippen LogP contribution in [0.5, 0.6) is 0 Å². The van der Waals surface area contributed by atoms with E-state index in [-0.39, 0.29) is 6.29 Å². The van der Waals surface area contributed by atoms with Crippen LogP contribution < -0.4 is 5.32 Å². The van der Waals surface area contributed by atoms with Gasteiger partial charge >= 0.3 is 6.09 Å². The molecule has 5 nitrogen and oxygen atoms in total. The average Bonchev–Trinajstić information content (AvgIpc) is 2.96. The summed E-state index contributed by atoms with van der Waals surface area (Å²) in [6.07, 6.45) is 3.09. The minimum Gasteiger partial charge on any atom is -0.444 e. The number of hydrogen-bond acceptors (Lipinski definition) is 4. The van der Waals surface area contributed by atoms with Crippen molar-refractivity contribution < 1.29 is 19.0 Å². The number of hydrogen-bond donors (Lipinski definition) is 1. The van der Waals surface area contributed by atoms with E-state index in [0.29, 0.717) is 19.8 Å². The molecular formula is C17H23NO4. The highest BCUT2D eigenvalue weighted by Crippen LogP contribution is 2.26. The van der Waals surface area contributed by atoms with E-state index >= 15 is 0 Å². The Bertz CT molecular complexity index is 528. The lowest BCUT2D eigenvalue weighted by atomic mass is 10.1. The third-order valence-electron chi connectivity index (χ3n) is 2.93. The number of carbonyl (C=O) groups excluding carboxylic acids is 1. The Balaban J connectivity index is 1.89. The van der Waals surface area contributed by atoms with Crippen LogP contribution in [0.3, 0.4) is 0 Å². The van der Waals surface area contributed by atoms with Gasteiger partial charge in [0.2, 0.25) is 0 Å². The zero-order chi connectivity index (χ0) is 16.0. The van der Waals surface area contributed by atoms with Crippen molar-refractivity contribution >= 4 is 12.2 Å². The number of amides is 1. The van der Waals surface area contributed by atoms with Crippen LogP contribution in [0.4, 0.5) is 4.79 Å². The van der Waals surface area contributed by atoms with Gasteiger partial charge in [-0.05, 0) is 26.3 Å². The van der Waals surface area contributed by atoms with Crippen molar-refractivity contribution in [1.29, 1.82) is 0 Å². The van der Waals surface area contributed by atoms with Crippen LogP contribution in [0.25, 0.3) is 6.08 Å². The summed E-state index contributed by atoms with van der Waals surface area (Å²) in [4.78, 5) is 11.5. The first-order valence-electron chi connectivity index (χ1n) is 7.41. The Labute approximate surface area is 131 Å². The molecule has 1 fully saturated rings. The van der Waals surface area contributed by atoms with Gasteiger partial charge in [-0.15, -0.1) is 0 Å². The van der Waals surface area contributed by atoms with E-state index in [1.165, 1.54) is 0 Å². The predicted molar refractivity (Wildman–Crippen MR) is 84.4 cm³/mol. The molecule has 1 amide bonds. The van der Waals surface area contributed by atoms with Gasteiger partial charge in [0.05, 0.1) is 13.2 Å². The lowest BCUT2D eigenvalue weighted by Crippen LogP contribution is -2.32. The number of ether oxygens (including phenoxy) is 3. The topological polar surface area (TPSA) is 56.8 Å². The third-order valence-corrected chi connectivity index (χ3v) is 2.93. The molecule has 1 aromatic rings. The quantitative estimate of drug-likeness (QED) is 0.927. The zero-order valence-corrected chi connectivity index (χ0v) is 13.3. The van der Waals surface area contributed by atoms with Crippen LogP contribution in [0.15, 0.2) is 30.3 Å². The summed E-state index contributed by atoms with van der Waals surface area (Å²) in [7, 11) is 0. The highest BCUT2D eigenvalue weighted by atomic mass is 16.7. The number of alkyl carbamates (subject to hydrolysis) is 1. The second-order valence-electron chi connectivity index (χ2n) is 5.99. The van der Waals surface area contributed by atoms with Crippen LogP contribution >= 0.6 is 0 Å². The minimum atomic E-state index is -0.489. The van der Waals surface area contributed by atoms with Gasteiger partial charge < -0.3 is 19.5 Å². The Morgan fingerprint density at radius 2 is 2.00 bits per heavy atom. The van der Waals surface area contributed by atoms with Crippen molar-refractivity contribution in [3.63, 3.8) is 0 Å². The van der Waals surface area contributed by atoms with E-state index in [0.717, 1.165) is 11.1 Å². The van der Waals surface area contributed by atoms with Crippen LogP contribution in [0.2, 0.25) is 0 Å². The highest BCUT2D eigenvalue weighted by Gasteiger charge is 2.20. The molecule has 0 aromatic heterocycles. The largest absolute Gasteiger partial charge is 0.444 e. The summed E-state index contributed by atoms with van der Waals surface area (Å²) in [5, 5.41) is 2.69. The maximum atomic E-state index is 11.5. The molecule has 5 heteroatoms. The second kappa shape index (κ2) is 7.42. The van der Waals surface area contributed by atoms with Gasteiger partial charge in [0.1, 0.15) is 5.60 Å². The first kappa shape index (κ1) is 16.5. The van der Waals surface area contributed by atoms with Gasteiger partial charge in [0.25, 0.3) is 0 Å². The summed E-state index contributed by atoms with van der Waals surface area (Å²) in [5.74, 6) is 0. The molecule has 2 rings (SSSR count). The molecule has 0 radical (unpaired) electrons. The van der Waals surface area contributed by atoms with Crippen LogP contribution in [-0.4, -0.2) is 31.5 Å². The fraction of sp³-hybridized carbons (Fsp3) is 0.471. The smallest absolute Gasteiger partial charge is 0.407 e. The highest BCUT2D eigenvalue weighted by molar-refractivity contribution is 5.68. The van der Waals surface area contributed by atoms with E-state index < -0.39 is 11.7 Å². The van der Waals surface area contributed by atoms with E-state index in [9.17, 15) is 4.79 Å². The second-order valence-corrected chi connectivity index (χ2v) is 5.99. The first-order chi connectivity index (χ1) is 10.5. The molecule has 0 unspecified atom stereocenters. The molecule has 0 spiro atoms.